The fourth-order valence-corrected chi connectivity index (χ4v) is 4.72. The average Bonchev–Trinajstić information content (AvgIpc) is 3.00. The number of nitrogens with zero attached hydrogens (tertiary/aromatic N) is 2. The number of hydrogen-bond acceptors (Lipinski definition) is 3. The quantitative estimate of drug-likeness (QED) is 0.909. The second kappa shape index (κ2) is 6.14. The molecule has 1 N–H and O–H groups in total. The van der Waals surface area contributed by atoms with Crippen molar-refractivity contribution in [1.82, 2.24) is 15.1 Å². The van der Waals surface area contributed by atoms with E-state index in [1.807, 2.05) is 19.9 Å². The predicted molar refractivity (Wildman–Crippen MR) is 87.4 cm³/mol. The number of amides is 1. The molecule has 22 heavy (non-hydrogen) atoms. The number of H-pyrrole nitrogens is 1. The lowest BCUT2D eigenvalue weighted by molar-refractivity contribution is 0.0740. The first-order chi connectivity index (χ1) is 10.5. The summed E-state index contributed by atoms with van der Waals surface area (Å²) in [6.07, 6.45) is 6.21. The van der Waals surface area contributed by atoms with Crippen LogP contribution in [0, 0.1) is 0 Å². The molecule has 2 aliphatic rings. The summed E-state index contributed by atoms with van der Waals surface area (Å²) >= 11 is 0. The van der Waals surface area contributed by atoms with Gasteiger partial charge in [0.1, 0.15) is 5.69 Å². The maximum absolute atomic E-state index is 12.6. The van der Waals surface area contributed by atoms with Crippen molar-refractivity contribution in [3.05, 3.63) is 17.5 Å². The summed E-state index contributed by atoms with van der Waals surface area (Å²) in [5.41, 5.74) is 1.60. The molecule has 1 saturated carbocycles. The Morgan fingerprint density at radius 2 is 2.09 bits per heavy atom. The van der Waals surface area contributed by atoms with Gasteiger partial charge in [-0.15, -0.1) is 0 Å². The van der Waals surface area contributed by atoms with Gasteiger partial charge >= 0.3 is 0 Å². The average molecular weight is 323 g/mol. The van der Waals surface area contributed by atoms with E-state index in [1.165, 1.54) is 32.1 Å². The minimum atomic E-state index is -0.865. The molecule has 6 heteroatoms. The van der Waals surface area contributed by atoms with Gasteiger partial charge in [-0.2, -0.15) is 5.10 Å². The fourth-order valence-electron chi connectivity index (χ4n) is 3.48. The first kappa shape index (κ1) is 15.7. The van der Waals surface area contributed by atoms with E-state index in [0.29, 0.717) is 30.5 Å². The van der Waals surface area contributed by atoms with Crippen LogP contribution in [0.5, 0.6) is 0 Å². The van der Waals surface area contributed by atoms with E-state index in [0.717, 1.165) is 5.69 Å². The van der Waals surface area contributed by atoms with Crippen molar-refractivity contribution in [2.24, 2.45) is 0 Å². The van der Waals surface area contributed by atoms with Crippen LogP contribution in [0.4, 0.5) is 0 Å². The lowest BCUT2D eigenvalue weighted by Gasteiger charge is -2.36. The van der Waals surface area contributed by atoms with Crippen molar-refractivity contribution in [2.45, 2.75) is 56.6 Å². The molecule has 1 aromatic heterocycles. The lowest BCUT2D eigenvalue weighted by Crippen LogP contribution is -2.52. The highest BCUT2D eigenvalue weighted by molar-refractivity contribution is 7.86. The molecule has 0 unspecified atom stereocenters. The molecule has 1 aliphatic heterocycles. The van der Waals surface area contributed by atoms with Gasteiger partial charge in [0, 0.05) is 41.3 Å². The number of nitrogens with one attached hydrogen (secondary N) is 1. The molecule has 0 bridgehead atoms. The molecule has 1 saturated heterocycles. The summed E-state index contributed by atoms with van der Waals surface area (Å²) in [4.78, 5) is 14.4. The van der Waals surface area contributed by atoms with Gasteiger partial charge in [0.25, 0.3) is 5.91 Å². The molecule has 5 nitrogen and oxygen atoms in total. The van der Waals surface area contributed by atoms with E-state index < -0.39 is 10.8 Å². The number of hydrogen-bond donors (Lipinski definition) is 1. The Morgan fingerprint density at radius 1 is 1.36 bits per heavy atom. The van der Waals surface area contributed by atoms with Crippen LogP contribution in [-0.2, 0) is 10.8 Å². The first-order valence-corrected chi connectivity index (χ1v) is 9.52. The molecule has 0 spiro atoms. The van der Waals surface area contributed by atoms with Gasteiger partial charge in [-0.05, 0) is 32.8 Å². The van der Waals surface area contributed by atoms with Crippen LogP contribution in [0.3, 0.4) is 0 Å². The number of carbonyl (C=O) groups is 1. The molecule has 122 valence electrons. The summed E-state index contributed by atoms with van der Waals surface area (Å²) in [7, 11) is -0.865. The van der Waals surface area contributed by atoms with Crippen LogP contribution in [0.25, 0.3) is 0 Å². The molecule has 1 aromatic rings. The molecule has 0 radical (unpaired) electrons. The number of aromatic nitrogens is 2. The zero-order valence-electron chi connectivity index (χ0n) is 13.4. The Kier molecular flexibility index (Phi) is 4.39. The maximum atomic E-state index is 12.6. The predicted octanol–water partition coefficient (Wildman–Crippen LogP) is 2.44. The molecular weight excluding hydrogens is 298 g/mol. The standard InChI is InChI=1S/C16H25N3O2S/c1-16(2)11-19(8-9-22(16)21)15(20)14-10-13(17-18-14)12-6-4-3-5-7-12/h10,12H,3-9,11H2,1-2H3,(H,17,18)/t22-/m1/s1. The van der Waals surface area contributed by atoms with Gasteiger partial charge in [0.05, 0.1) is 4.75 Å². The molecule has 2 fully saturated rings. The summed E-state index contributed by atoms with van der Waals surface area (Å²) in [5.74, 6) is 1.04. The highest BCUT2D eigenvalue weighted by atomic mass is 32.2. The Labute approximate surface area is 134 Å². The lowest BCUT2D eigenvalue weighted by atomic mass is 9.87. The van der Waals surface area contributed by atoms with Crippen molar-refractivity contribution in [3.8, 4) is 0 Å². The normalized spacial score (nSPS) is 26.1. The Bertz CT molecular complexity index is 576. The van der Waals surface area contributed by atoms with Crippen LogP contribution in [-0.4, -0.2) is 48.8 Å². The second-order valence-electron chi connectivity index (χ2n) is 7.08. The van der Waals surface area contributed by atoms with Crippen LogP contribution in [0.1, 0.15) is 68.1 Å². The summed E-state index contributed by atoms with van der Waals surface area (Å²) in [6, 6.07) is 1.93. The molecule has 2 heterocycles. The molecule has 1 atom stereocenters. The van der Waals surface area contributed by atoms with Crippen LogP contribution in [0.15, 0.2) is 6.07 Å². The van der Waals surface area contributed by atoms with E-state index in [1.54, 1.807) is 4.90 Å². The summed E-state index contributed by atoms with van der Waals surface area (Å²) < 4.78 is 11.6. The minimum Gasteiger partial charge on any atom is -0.335 e. The Balaban J connectivity index is 1.70. The smallest absolute Gasteiger partial charge is 0.274 e. The molecule has 1 amide bonds. The molecule has 0 aromatic carbocycles. The molecular formula is C16H25N3O2S. The topological polar surface area (TPSA) is 66.1 Å². The Hall–Kier alpha value is -1.17. The third-order valence-electron chi connectivity index (χ3n) is 4.88. The first-order valence-electron chi connectivity index (χ1n) is 8.20. The van der Waals surface area contributed by atoms with Gasteiger partial charge < -0.3 is 4.90 Å². The maximum Gasteiger partial charge on any atom is 0.274 e. The number of carbonyl (C=O) groups excluding carboxylic acids is 1. The van der Waals surface area contributed by atoms with Crippen LogP contribution >= 0.6 is 0 Å². The highest BCUT2D eigenvalue weighted by Gasteiger charge is 2.36. The largest absolute Gasteiger partial charge is 0.335 e. The minimum absolute atomic E-state index is 0.0388. The van der Waals surface area contributed by atoms with Gasteiger partial charge in [-0.1, -0.05) is 19.3 Å². The van der Waals surface area contributed by atoms with Gasteiger partial charge in [0.15, 0.2) is 0 Å². The van der Waals surface area contributed by atoms with Gasteiger partial charge in [0.2, 0.25) is 0 Å². The third-order valence-corrected chi connectivity index (χ3v) is 6.80. The van der Waals surface area contributed by atoms with Crippen molar-refractivity contribution in [1.29, 1.82) is 0 Å². The monoisotopic (exact) mass is 323 g/mol. The third kappa shape index (κ3) is 3.12. The SMILES string of the molecule is CC1(C)CN(C(=O)c2cc(C3CCCCC3)[nH]n2)CC[S@]1=O. The van der Waals surface area contributed by atoms with E-state index in [4.69, 9.17) is 0 Å². The van der Waals surface area contributed by atoms with Gasteiger partial charge in [-0.25, -0.2) is 0 Å². The van der Waals surface area contributed by atoms with Crippen molar-refractivity contribution < 1.29 is 9.00 Å². The van der Waals surface area contributed by atoms with E-state index in [2.05, 4.69) is 10.2 Å². The van der Waals surface area contributed by atoms with Gasteiger partial charge in [-0.3, -0.25) is 14.1 Å². The summed E-state index contributed by atoms with van der Waals surface area (Å²) in [6.45, 7) is 5.01. The van der Waals surface area contributed by atoms with Crippen molar-refractivity contribution in [2.75, 3.05) is 18.8 Å². The highest BCUT2D eigenvalue weighted by Crippen LogP contribution is 2.32. The van der Waals surface area contributed by atoms with E-state index in [-0.39, 0.29) is 10.7 Å². The summed E-state index contributed by atoms with van der Waals surface area (Å²) in [5, 5.41) is 7.31. The fraction of sp³-hybridized carbons (Fsp3) is 0.750. The van der Waals surface area contributed by atoms with Crippen LogP contribution in [0.2, 0.25) is 0 Å². The van der Waals surface area contributed by atoms with Crippen molar-refractivity contribution in [3.63, 3.8) is 0 Å². The second-order valence-corrected chi connectivity index (χ2v) is 9.28. The van der Waals surface area contributed by atoms with E-state index >= 15 is 0 Å². The Morgan fingerprint density at radius 3 is 2.77 bits per heavy atom. The zero-order chi connectivity index (χ0) is 15.7. The van der Waals surface area contributed by atoms with Crippen LogP contribution < -0.4 is 0 Å². The number of rotatable bonds is 2. The van der Waals surface area contributed by atoms with Crippen molar-refractivity contribution >= 4 is 16.7 Å². The molecule has 3 rings (SSSR count). The molecule has 1 aliphatic carbocycles. The zero-order valence-corrected chi connectivity index (χ0v) is 14.2. The number of aromatic amines is 1. The van der Waals surface area contributed by atoms with E-state index in [9.17, 15) is 9.00 Å².